The Kier molecular flexibility index (Phi) is 4.90. The van der Waals surface area contributed by atoms with Crippen molar-refractivity contribution in [3.05, 3.63) is 35.9 Å². The lowest BCUT2D eigenvalue weighted by Crippen LogP contribution is -2.57. The Hall–Kier alpha value is -2.39. The van der Waals surface area contributed by atoms with Crippen LogP contribution in [-0.2, 0) is 11.3 Å². The molecule has 0 unspecified atom stereocenters. The van der Waals surface area contributed by atoms with Crippen molar-refractivity contribution in [2.45, 2.75) is 24.9 Å². The zero-order valence-electron chi connectivity index (χ0n) is 11.6. The highest BCUT2D eigenvalue weighted by molar-refractivity contribution is 5.86. The summed E-state index contributed by atoms with van der Waals surface area (Å²) in [4.78, 5) is 24.3. The Bertz CT molecular complexity index is 532. The van der Waals surface area contributed by atoms with Crippen LogP contribution in [0.4, 0.5) is 4.79 Å². The van der Waals surface area contributed by atoms with Gasteiger partial charge in [0.15, 0.2) is 0 Å². The summed E-state index contributed by atoms with van der Waals surface area (Å²) in [5.74, 6) is 0. The number of carbonyl (C=O) groups excluding carboxylic acids is 2. The van der Waals surface area contributed by atoms with E-state index in [1.165, 1.54) is 0 Å². The van der Waals surface area contributed by atoms with Crippen molar-refractivity contribution in [1.82, 2.24) is 15.5 Å². The molecule has 0 bridgehead atoms. The normalized spacial score (nSPS) is 16.5. The molecular weight excluding hydrogens is 268 g/mol. The number of hydrogen-bond acceptors (Lipinski definition) is 4. The Balaban J connectivity index is 2.04. The number of amides is 3. The van der Waals surface area contributed by atoms with Crippen LogP contribution in [0.2, 0.25) is 0 Å². The predicted molar refractivity (Wildman–Crippen MR) is 76.7 cm³/mol. The first-order chi connectivity index (χ1) is 10.2. The van der Waals surface area contributed by atoms with Gasteiger partial charge in [0.2, 0.25) is 0 Å². The van der Waals surface area contributed by atoms with Gasteiger partial charge in [-0.1, -0.05) is 30.3 Å². The summed E-state index contributed by atoms with van der Waals surface area (Å²) in [6.07, 6.45) is 2.45. The van der Waals surface area contributed by atoms with Crippen LogP contribution < -0.4 is 10.6 Å². The van der Waals surface area contributed by atoms with Gasteiger partial charge < -0.3 is 10.6 Å². The van der Waals surface area contributed by atoms with Crippen LogP contribution in [-0.4, -0.2) is 36.0 Å². The zero-order chi connectivity index (χ0) is 15.1. The van der Waals surface area contributed by atoms with Crippen molar-refractivity contribution in [2.75, 3.05) is 13.1 Å². The molecule has 1 radical (unpaired) electrons. The van der Waals surface area contributed by atoms with Crippen molar-refractivity contribution in [2.24, 2.45) is 0 Å². The average Bonchev–Trinajstić information content (AvgIpc) is 2.55. The first-order valence-corrected chi connectivity index (χ1v) is 6.83. The molecule has 6 nitrogen and oxygen atoms in total. The van der Waals surface area contributed by atoms with Gasteiger partial charge in [0.1, 0.15) is 5.54 Å². The van der Waals surface area contributed by atoms with Gasteiger partial charge in [-0.15, -0.1) is 0 Å². The third kappa shape index (κ3) is 3.38. The summed E-state index contributed by atoms with van der Waals surface area (Å²) < 4.78 is 0. The molecule has 0 aliphatic carbocycles. The quantitative estimate of drug-likeness (QED) is 0.805. The highest BCUT2D eigenvalue weighted by Crippen LogP contribution is 2.24. The minimum atomic E-state index is -1.10. The van der Waals surface area contributed by atoms with E-state index in [1.54, 1.807) is 6.41 Å². The Morgan fingerprint density at radius 3 is 2.57 bits per heavy atom. The molecule has 1 saturated heterocycles. The number of piperidine rings is 1. The fourth-order valence-electron chi connectivity index (χ4n) is 2.40. The lowest BCUT2D eigenvalue weighted by molar-refractivity contribution is 0.167. The predicted octanol–water partition coefficient (Wildman–Crippen LogP) is 0.911. The van der Waals surface area contributed by atoms with E-state index in [4.69, 9.17) is 0 Å². The van der Waals surface area contributed by atoms with Crippen LogP contribution in [0, 0.1) is 11.3 Å². The van der Waals surface area contributed by atoms with Crippen molar-refractivity contribution >= 4 is 12.4 Å². The molecule has 109 valence electrons. The standard InChI is InChI=1S/C15H17N4O2/c16-11-15(6-8-17-9-7-15)19(12-20)14(21)18-10-13-4-2-1-3-5-13/h1-5,17H,6-10H2,(H,18,21). The van der Waals surface area contributed by atoms with Gasteiger partial charge in [0.25, 0.3) is 0 Å². The molecule has 3 amide bonds. The van der Waals surface area contributed by atoms with E-state index in [-0.39, 0.29) is 0 Å². The van der Waals surface area contributed by atoms with Gasteiger partial charge in [0.05, 0.1) is 6.07 Å². The van der Waals surface area contributed by atoms with E-state index in [0.29, 0.717) is 32.5 Å². The maximum Gasteiger partial charge on any atom is 0.326 e. The second kappa shape index (κ2) is 6.86. The van der Waals surface area contributed by atoms with Crippen LogP contribution in [0.5, 0.6) is 0 Å². The first kappa shape index (κ1) is 15.0. The number of carbonyl (C=O) groups is 1. The van der Waals surface area contributed by atoms with E-state index in [1.807, 2.05) is 30.3 Å². The number of nitrogens with zero attached hydrogens (tertiary/aromatic N) is 2. The van der Waals surface area contributed by atoms with Gasteiger partial charge in [0, 0.05) is 6.54 Å². The molecule has 1 aromatic rings. The second-order valence-corrected chi connectivity index (χ2v) is 4.96. The monoisotopic (exact) mass is 285 g/mol. The lowest BCUT2D eigenvalue weighted by atomic mass is 9.88. The number of hydrogen-bond donors (Lipinski definition) is 2. The summed E-state index contributed by atoms with van der Waals surface area (Å²) in [6, 6.07) is 10.9. The maximum absolute atomic E-state index is 12.2. The number of rotatable bonds is 4. The van der Waals surface area contributed by atoms with Crippen LogP contribution in [0.1, 0.15) is 18.4 Å². The average molecular weight is 285 g/mol. The number of nitriles is 1. The third-order valence-electron chi connectivity index (χ3n) is 3.65. The minimum Gasteiger partial charge on any atom is -0.333 e. The molecule has 1 aromatic carbocycles. The summed E-state index contributed by atoms with van der Waals surface area (Å²) in [5, 5.41) is 15.2. The van der Waals surface area contributed by atoms with Gasteiger partial charge in [-0.3, -0.25) is 4.79 Å². The fourth-order valence-corrected chi connectivity index (χ4v) is 2.40. The smallest absolute Gasteiger partial charge is 0.326 e. The summed E-state index contributed by atoms with van der Waals surface area (Å²) in [6.45, 7) is 1.49. The van der Waals surface area contributed by atoms with Crippen molar-refractivity contribution in [3.63, 3.8) is 0 Å². The van der Waals surface area contributed by atoms with Gasteiger partial charge in [-0.25, -0.2) is 9.69 Å². The zero-order valence-corrected chi connectivity index (χ0v) is 11.6. The molecule has 1 heterocycles. The summed E-state index contributed by atoms with van der Waals surface area (Å²) in [5.41, 5.74) is -0.179. The first-order valence-electron chi connectivity index (χ1n) is 6.83. The highest BCUT2D eigenvalue weighted by Gasteiger charge is 2.41. The molecule has 0 atom stereocenters. The number of nitrogens with one attached hydrogen (secondary N) is 2. The second-order valence-electron chi connectivity index (χ2n) is 4.96. The van der Waals surface area contributed by atoms with Gasteiger partial charge in [-0.05, 0) is 31.5 Å². The van der Waals surface area contributed by atoms with E-state index in [9.17, 15) is 14.9 Å². The Morgan fingerprint density at radius 1 is 1.33 bits per heavy atom. The fraction of sp³-hybridized carbons (Fsp3) is 0.400. The lowest BCUT2D eigenvalue weighted by Gasteiger charge is -2.37. The van der Waals surface area contributed by atoms with Crippen LogP contribution in [0.25, 0.3) is 0 Å². The molecule has 2 N–H and O–H groups in total. The maximum atomic E-state index is 12.2. The van der Waals surface area contributed by atoms with Crippen LogP contribution in [0.15, 0.2) is 30.3 Å². The molecule has 2 rings (SSSR count). The van der Waals surface area contributed by atoms with Crippen molar-refractivity contribution in [3.8, 4) is 6.07 Å². The van der Waals surface area contributed by atoms with Gasteiger partial charge in [-0.2, -0.15) is 5.26 Å². The molecule has 0 spiro atoms. The Labute approximate surface area is 123 Å². The van der Waals surface area contributed by atoms with E-state index in [0.717, 1.165) is 10.5 Å². The van der Waals surface area contributed by atoms with Crippen LogP contribution in [0.3, 0.4) is 0 Å². The number of urea groups is 1. The summed E-state index contributed by atoms with van der Waals surface area (Å²) >= 11 is 0. The van der Waals surface area contributed by atoms with E-state index in [2.05, 4.69) is 16.7 Å². The molecule has 1 aliphatic rings. The van der Waals surface area contributed by atoms with Crippen LogP contribution >= 0.6 is 0 Å². The molecule has 21 heavy (non-hydrogen) atoms. The Morgan fingerprint density at radius 2 is 2.00 bits per heavy atom. The molecular formula is C15H17N4O2. The number of imide groups is 1. The van der Waals surface area contributed by atoms with E-state index < -0.39 is 11.6 Å². The highest BCUT2D eigenvalue weighted by atomic mass is 16.2. The van der Waals surface area contributed by atoms with Gasteiger partial charge >= 0.3 is 12.4 Å². The van der Waals surface area contributed by atoms with Crippen molar-refractivity contribution < 1.29 is 9.59 Å². The topological polar surface area (TPSA) is 85.2 Å². The third-order valence-corrected chi connectivity index (χ3v) is 3.65. The summed E-state index contributed by atoms with van der Waals surface area (Å²) in [7, 11) is 0. The molecule has 0 saturated carbocycles. The SMILES string of the molecule is N#CC1(N([C]=O)C(=O)NCc2ccccc2)CCNCC1. The molecule has 0 aromatic heterocycles. The van der Waals surface area contributed by atoms with E-state index >= 15 is 0 Å². The molecule has 6 heteroatoms. The largest absolute Gasteiger partial charge is 0.333 e. The molecule has 1 fully saturated rings. The molecule has 1 aliphatic heterocycles. The minimum absolute atomic E-state index is 0.303. The van der Waals surface area contributed by atoms with Crippen molar-refractivity contribution in [1.29, 1.82) is 5.26 Å². The number of benzene rings is 1.